The maximum absolute atomic E-state index is 12.7. The highest BCUT2D eigenvalue weighted by molar-refractivity contribution is 5.33. The maximum atomic E-state index is 12.7. The van der Waals surface area contributed by atoms with Gasteiger partial charge in [-0.25, -0.2) is 0 Å². The van der Waals surface area contributed by atoms with Crippen LogP contribution < -0.4 is 0 Å². The molecule has 0 heterocycles. The molecule has 0 aliphatic carbocycles. The Morgan fingerprint density at radius 1 is 1.06 bits per heavy atom. The second-order valence-electron chi connectivity index (χ2n) is 4.79. The van der Waals surface area contributed by atoms with E-state index in [4.69, 9.17) is 0 Å². The van der Waals surface area contributed by atoms with Crippen LogP contribution in [0.4, 0.5) is 4.39 Å². The van der Waals surface area contributed by atoms with Crippen molar-refractivity contribution in [1.82, 2.24) is 0 Å². The topological polar surface area (TPSA) is 0 Å². The van der Waals surface area contributed by atoms with Crippen LogP contribution in [-0.2, 0) is 12.8 Å². The summed E-state index contributed by atoms with van der Waals surface area (Å²) in [7, 11) is 0. The molecule has 1 aromatic rings. The summed E-state index contributed by atoms with van der Waals surface area (Å²) < 4.78 is 12.7. The Hall–Kier alpha value is -0.850. The maximum Gasteiger partial charge on any atom is 0.0962 e. The molecule has 0 aromatic heterocycles. The van der Waals surface area contributed by atoms with Gasteiger partial charge in [0, 0.05) is 5.92 Å². The minimum absolute atomic E-state index is 0.216. The van der Waals surface area contributed by atoms with Crippen LogP contribution in [0.2, 0.25) is 0 Å². The van der Waals surface area contributed by atoms with E-state index < -0.39 is 0 Å². The summed E-state index contributed by atoms with van der Waals surface area (Å²) in [5.74, 6) is -0.216. The van der Waals surface area contributed by atoms with E-state index in [1.54, 1.807) is 0 Å². The van der Waals surface area contributed by atoms with E-state index in [0.29, 0.717) is 0 Å². The molecule has 0 fully saturated rings. The summed E-state index contributed by atoms with van der Waals surface area (Å²) in [4.78, 5) is 0. The third kappa shape index (κ3) is 4.49. The monoisotopic (exact) mass is 235 g/mol. The van der Waals surface area contributed by atoms with Gasteiger partial charge in [-0.2, -0.15) is 0 Å². The van der Waals surface area contributed by atoms with Crippen LogP contribution in [0.1, 0.15) is 55.7 Å². The molecule has 0 aliphatic heterocycles. The lowest BCUT2D eigenvalue weighted by Gasteiger charge is -2.12. The lowest BCUT2D eigenvalue weighted by atomic mass is 9.94. The van der Waals surface area contributed by atoms with Gasteiger partial charge in [-0.15, -0.1) is 0 Å². The first-order valence-corrected chi connectivity index (χ1v) is 6.73. The zero-order valence-corrected chi connectivity index (χ0v) is 11.1. The first-order valence-electron chi connectivity index (χ1n) is 6.73. The van der Waals surface area contributed by atoms with Crippen molar-refractivity contribution in [3.05, 3.63) is 41.8 Å². The molecule has 1 rings (SSSR count). The van der Waals surface area contributed by atoms with Crippen molar-refractivity contribution in [1.29, 1.82) is 0 Å². The molecule has 0 nitrogen and oxygen atoms in total. The van der Waals surface area contributed by atoms with Gasteiger partial charge in [0.15, 0.2) is 0 Å². The zero-order valence-electron chi connectivity index (χ0n) is 11.1. The number of unbranched alkanes of at least 4 members (excludes halogenated alkanes) is 1. The summed E-state index contributed by atoms with van der Waals surface area (Å²) in [5.41, 5.74) is 3.73. The number of alkyl halides is 1. The van der Waals surface area contributed by atoms with Gasteiger partial charge in [-0.05, 0) is 42.9 Å². The molecule has 1 atom stereocenters. The number of rotatable bonds is 7. The van der Waals surface area contributed by atoms with E-state index in [2.05, 4.69) is 39.0 Å². The summed E-state index contributed by atoms with van der Waals surface area (Å²) in [6.45, 7) is 7.87. The highest BCUT2D eigenvalue weighted by atomic mass is 19.1. The molecular weight excluding hydrogens is 211 g/mol. The molecule has 0 aliphatic rings. The summed E-state index contributed by atoms with van der Waals surface area (Å²) in [6, 6.07) is 6.52. The van der Waals surface area contributed by atoms with Crippen LogP contribution in [0.3, 0.4) is 0 Å². The predicted molar refractivity (Wildman–Crippen MR) is 73.1 cm³/mol. The fraction of sp³-hybridized carbons (Fsp3) is 0.562. The molecule has 0 spiro atoms. The van der Waals surface area contributed by atoms with Crippen molar-refractivity contribution < 1.29 is 4.39 Å². The molecule has 0 saturated carbocycles. The van der Waals surface area contributed by atoms with Crippen LogP contribution in [-0.4, -0.2) is 6.67 Å². The highest BCUT2D eigenvalue weighted by Gasteiger charge is 2.08. The van der Waals surface area contributed by atoms with E-state index in [1.807, 2.05) is 0 Å². The first kappa shape index (κ1) is 14.2. The van der Waals surface area contributed by atoms with Crippen LogP contribution >= 0.6 is 0 Å². The van der Waals surface area contributed by atoms with Crippen LogP contribution in [0, 0.1) is 6.92 Å². The van der Waals surface area contributed by atoms with Gasteiger partial charge < -0.3 is 0 Å². The molecule has 0 amide bonds. The lowest BCUT2D eigenvalue weighted by Crippen LogP contribution is -2.00. The predicted octanol–water partition coefficient (Wildman–Crippen LogP) is 4.87. The third-order valence-corrected chi connectivity index (χ3v) is 3.09. The Morgan fingerprint density at radius 2 is 1.71 bits per heavy atom. The van der Waals surface area contributed by atoms with E-state index in [-0.39, 0.29) is 12.6 Å². The second kappa shape index (κ2) is 7.47. The molecule has 1 radical (unpaired) electrons. The Morgan fingerprint density at radius 3 is 2.24 bits per heavy atom. The van der Waals surface area contributed by atoms with Gasteiger partial charge in [0.25, 0.3) is 0 Å². The van der Waals surface area contributed by atoms with Gasteiger partial charge in [0.1, 0.15) is 0 Å². The second-order valence-corrected chi connectivity index (χ2v) is 4.79. The number of halogens is 1. The Balaban J connectivity index is 2.91. The van der Waals surface area contributed by atoms with Gasteiger partial charge in [-0.3, -0.25) is 4.39 Å². The zero-order chi connectivity index (χ0) is 12.7. The molecule has 1 unspecified atom stereocenters. The van der Waals surface area contributed by atoms with Crippen LogP contribution in [0.5, 0.6) is 0 Å². The average molecular weight is 235 g/mol. The van der Waals surface area contributed by atoms with Gasteiger partial charge in [-0.1, -0.05) is 44.9 Å². The number of benzene rings is 1. The molecule has 17 heavy (non-hydrogen) atoms. The van der Waals surface area contributed by atoms with Crippen LogP contribution in [0.25, 0.3) is 0 Å². The summed E-state index contributed by atoms with van der Waals surface area (Å²) in [6.07, 6.45) is 5.71. The van der Waals surface area contributed by atoms with Crippen molar-refractivity contribution in [3.8, 4) is 0 Å². The van der Waals surface area contributed by atoms with Crippen molar-refractivity contribution in [2.45, 2.75) is 51.9 Å². The fourth-order valence-corrected chi connectivity index (χ4v) is 2.07. The third-order valence-electron chi connectivity index (χ3n) is 3.09. The first-order chi connectivity index (χ1) is 8.21. The van der Waals surface area contributed by atoms with Crippen molar-refractivity contribution in [3.63, 3.8) is 0 Å². The minimum Gasteiger partial charge on any atom is -0.250 e. The minimum atomic E-state index is -0.372. The molecule has 1 aromatic carbocycles. The van der Waals surface area contributed by atoms with E-state index >= 15 is 0 Å². The Kier molecular flexibility index (Phi) is 6.25. The highest BCUT2D eigenvalue weighted by Crippen LogP contribution is 2.21. The Bertz CT molecular complexity index is 330. The fourth-order valence-electron chi connectivity index (χ4n) is 2.07. The Labute approximate surface area is 105 Å². The van der Waals surface area contributed by atoms with Crippen molar-refractivity contribution in [2.24, 2.45) is 0 Å². The van der Waals surface area contributed by atoms with Gasteiger partial charge >= 0.3 is 0 Å². The standard InChI is InChI=1S/C16H24F/c1-4-6-8-15-9-14(7-5-2)10-16(11-15)13(3)12-17/h9-11,13H,3-8,12H2,1-2H3. The largest absolute Gasteiger partial charge is 0.250 e. The SMILES string of the molecule is [CH2]C(CF)c1cc(CCC)cc(CCCC)c1. The van der Waals surface area contributed by atoms with Gasteiger partial charge in [0.05, 0.1) is 6.67 Å². The summed E-state index contributed by atoms with van der Waals surface area (Å²) in [5, 5.41) is 0. The normalized spacial score (nSPS) is 12.7. The number of hydrogen-bond acceptors (Lipinski definition) is 0. The van der Waals surface area contributed by atoms with E-state index in [9.17, 15) is 4.39 Å². The van der Waals surface area contributed by atoms with Crippen molar-refractivity contribution in [2.75, 3.05) is 6.67 Å². The molecule has 1 heteroatoms. The average Bonchev–Trinajstić information content (AvgIpc) is 2.35. The quantitative estimate of drug-likeness (QED) is 0.632. The van der Waals surface area contributed by atoms with Gasteiger partial charge in [0.2, 0.25) is 0 Å². The molecular formula is C16H24F. The smallest absolute Gasteiger partial charge is 0.0962 e. The molecule has 95 valence electrons. The molecule has 0 saturated heterocycles. The van der Waals surface area contributed by atoms with Crippen molar-refractivity contribution >= 4 is 0 Å². The summed E-state index contributed by atoms with van der Waals surface area (Å²) >= 11 is 0. The number of hydrogen-bond donors (Lipinski definition) is 0. The molecule has 0 N–H and O–H groups in total. The lowest BCUT2D eigenvalue weighted by molar-refractivity contribution is 0.465. The van der Waals surface area contributed by atoms with Crippen LogP contribution in [0.15, 0.2) is 18.2 Å². The van der Waals surface area contributed by atoms with E-state index in [0.717, 1.165) is 24.8 Å². The van der Waals surface area contributed by atoms with E-state index in [1.165, 1.54) is 24.0 Å². The molecule has 0 bridgehead atoms. The number of aryl methyl sites for hydroxylation is 2.